The third-order valence-corrected chi connectivity index (χ3v) is 2.16. The number of benzene rings is 1. The topological polar surface area (TPSA) is 48.8 Å². The van der Waals surface area contributed by atoms with Crippen molar-refractivity contribution in [2.45, 2.75) is 19.4 Å². The van der Waals surface area contributed by atoms with E-state index in [1.807, 2.05) is 44.2 Å². The second kappa shape index (κ2) is 3.99. The summed E-state index contributed by atoms with van der Waals surface area (Å²) in [6.45, 7) is 7.65. The van der Waals surface area contributed by atoms with Crippen molar-refractivity contribution in [2.24, 2.45) is 5.11 Å². The zero-order chi connectivity index (χ0) is 10.6. The Balaban J connectivity index is 3.02. The maximum atomic E-state index is 8.41. The van der Waals surface area contributed by atoms with E-state index in [1.165, 1.54) is 0 Å². The molecule has 0 fully saturated rings. The molecule has 0 aliphatic rings. The first-order valence-electron chi connectivity index (χ1n) is 4.39. The fourth-order valence-corrected chi connectivity index (χ4v) is 1.16. The average molecular weight is 187 g/mol. The Bertz CT molecular complexity index is 373. The van der Waals surface area contributed by atoms with Crippen molar-refractivity contribution in [3.8, 4) is 0 Å². The van der Waals surface area contributed by atoms with Crippen molar-refractivity contribution in [1.82, 2.24) is 0 Å². The summed E-state index contributed by atoms with van der Waals surface area (Å²) in [4.78, 5) is 2.82. The van der Waals surface area contributed by atoms with Crippen LogP contribution in [0.3, 0.4) is 0 Å². The Morgan fingerprint density at radius 3 is 2.43 bits per heavy atom. The van der Waals surface area contributed by atoms with Crippen molar-refractivity contribution in [2.75, 3.05) is 0 Å². The quantitative estimate of drug-likeness (QED) is 0.392. The highest BCUT2D eigenvalue weighted by Crippen LogP contribution is 2.28. The molecule has 1 aromatic carbocycles. The fraction of sp³-hybridized carbons (Fsp3) is 0.273. The summed E-state index contributed by atoms with van der Waals surface area (Å²) in [6, 6.07) is 9.73. The Hall–Kier alpha value is -1.73. The van der Waals surface area contributed by atoms with Gasteiger partial charge in [0.2, 0.25) is 0 Å². The van der Waals surface area contributed by atoms with Gasteiger partial charge in [-0.2, -0.15) is 0 Å². The summed E-state index contributed by atoms with van der Waals surface area (Å²) >= 11 is 0. The molecule has 0 radical (unpaired) electrons. The van der Waals surface area contributed by atoms with Crippen molar-refractivity contribution in [3.63, 3.8) is 0 Å². The SMILES string of the molecule is C=C(c1ccccc1)C(C)(C)N=[N+]=[N-]. The molecule has 0 amide bonds. The molecule has 0 atom stereocenters. The van der Waals surface area contributed by atoms with Crippen LogP contribution in [0.5, 0.6) is 0 Å². The van der Waals surface area contributed by atoms with Crippen LogP contribution in [0.2, 0.25) is 0 Å². The maximum Gasteiger partial charge on any atom is 0.0681 e. The number of hydrogen-bond acceptors (Lipinski definition) is 1. The lowest BCUT2D eigenvalue weighted by Crippen LogP contribution is -2.17. The van der Waals surface area contributed by atoms with E-state index in [9.17, 15) is 0 Å². The minimum Gasteiger partial charge on any atom is -0.0946 e. The van der Waals surface area contributed by atoms with Gasteiger partial charge in [0, 0.05) is 4.91 Å². The van der Waals surface area contributed by atoms with Crippen molar-refractivity contribution in [1.29, 1.82) is 0 Å². The van der Waals surface area contributed by atoms with Gasteiger partial charge in [0.15, 0.2) is 0 Å². The highest BCUT2D eigenvalue weighted by molar-refractivity contribution is 5.70. The highest BCUT2D eigenvalue weighted by Gasteiger charge is 2.20. The molecule has 3 nitrogen and oxygen atoms in total. The fourth-order valence-electron chi connectivity index (χ4n) is 1.16. The number of rotatable bonds is 3. The van der Waals surface area contributed by atoms with E-state index in [4.69, 9.17) is 5.53 Å². The van der Waals surface area contributed by atoms with Gasteiger partial charge < -0.3 is 0 Å². The molecule has 0 aliphatic heterocycles. The molecule has 0 aromatic heterocycles. The van der Waals surface area contributed by atoms with Gasteiger partial charge in [0.05, 0.1) is 5.54 Å². The number of hydrogen-bond donors (Lipinski definition) is 0. The van der Waals surface area contributed by atoms with Crippen molar-refractivity contribution < 1.29 is 0 Å². The monoisotopic (exact) mass is 187 g/mol. The first-order chi connectivity index (χ1) is 6.58. The zero-order valence-corrected chi connectivity index (χ0v) is 8.44. The first-order valence-corrected chi connectivity index (χ1v) is 4.39. The van der Waals surface area contributed by atoms with Crippen LogP contribution in [-0.2, 0) is 0 Å². The summed E-state index contributed by atoms with van der Waals surface area (Å²) < 4.78 is 0. The molecule has 0 saturated carbocycles. The standard InChI is InChI=1S/C11H13N3/c1-9(11(2,3)13-14-12)10-7-5-4-6-8-10/h4-8H,1H2,2-3H3. The van der Waals surface area contributed by atoms with E-state index in [1.54, 1.807) is 0 Å². The Morgan fingerprint density at radius 2 is 1.93 bits per heavy atom. The first kappa shape index (κ1) is 10.4. The molecule has 14 heavy (non-hydrogen) atoms. The third kappa shape index (κ3) is 2.15. The lowest BCUT2D eigenvalue weighted by atomic mass is 9.90. The Kier molecular flexibility index (Phi) is 2.95. The minimum absolute atomic E-state index is 0.573. The third-order valence-electron chi connectivity index (χ3n) is 2.16. The van der Waals surface area contributed by atoms with Crippen molar-refractivity contribution >= 4 is 5.57 Å². The molecule has 0 heterocycles. The van der Waals surface area contributed by atoms with E-state index in [-0.39, 0.29) is 0 Å². The number of nitrogens with zero attached hydrogens (tertiary/aromatic N) is 3. The van der Waals surface area contributed by atoms with Crippen LogP contribution >= 0.6 is 0 Å². The normalized spacial score (nSPS) is 10.4. The van der Waals surface area contributed by atoms with Gasteiger partial charge in [-0.25, -0.2) is 0 Å². The van der Waals surface area contributed by atoms with Crippen LogP contribution in [0.1, 0.15) is 19.4 Å². The molecule has 0 N–H and O–H groups in total. The van der Waals surface area contributed by atoms with Gasteiger partial charge in [-0.15, -0.1) is 0 Å². The summed E-state index contributed by atoms with van der Waals surface area (Å²) in [7, 11) is 0. The molecule has 72 valence electrons. The minimum atomic E-state index is -0.573. The molecule has 0 bridgehead atoms. The summed E-state index contributed by atoms with van der Waals surface area (Å²) in [5, 5.41) is 3.71. The maximum absolute atomic E-state index is 8.41. The van der Waals surface area contributed by atoms with E-state index in [0.717, 1.165) is 11.1 Å². The van der Waals surface area contributed by atoms with Gasteiger partial charge in [0.25, 0.3) is 0 Å². The molecule has 1 aromatic rings. The summed E-state index contributed by atoms with van der Waals surface area (Å²) in [5.41, 5.74) is 9.68. The van der Waals surface area contributed by atoms with Crippen LogP contribution in [0.4, 0.5) is 0 Å². The summed E-state index contributed by atoms with van der Waals surface area (Å²) in [5.74, 6) is 0. The smallest absolute Gasteiger partial charge is 0.0681 e. The van der Waals surface area contributed by atoms with Gasteiger partial charge >= 0.3 is 0 Å². The zero-order valence-electron chi connectivity index (χ0n) is 8.44. The lowest BCUT2D eigenvalue weighted by molar-refractivity contribution is 0.670. The molecule has 0 aliphatic carbocycles. The Labute approximate surface area is 83.7 Å². The molecular weight excluding hydrogens is 174 g/mol. The van der Waals surface area contributed by atoms with E-state index < -0.39 is 5.54 Å². The van der Waals surface area contributed by atoms with Gasteiger partial charge in [-0.3, -0.25) is 0 Å². The predicted octanol–water partition coefficient (Wildman–Crippen LogP) is 3.79. The van der Waals surface area contributed by atoms with Gasteiger partial charge in [-0.05, 0) is 16.7 Å². The van der Waals surface area contributed by atoms with Crippen LogP contribution in [0, 0.1) is 0 Å². The Morgan fingerprint density at radius 1 is 1.36 bits per heavy atom. The molecule has 0 unspecified atom stereocenters. The molecule has 3 heteroatoms. The van der Waals surface area contributed by atoms with Crippen molar-refractivity contribution in [3.05, 3.63) is 52.9 Å². The van der Waals surface area contributed by atoms with Crippen LogP contribution in [-0.4, -0.2) is 5.54 Å². The second-order valence-corrected chi connectivity index (χ2v) is 3.59. The second-order valence-electron chi connectivity index (χ2n) is 3.59. The highest BCUT2D eigenvalue weighted by atomic mass is 15.2. The van der Waals surface area contributed by atoms with Crippen LogP contribution in [0.25, 0.3) is 16.0 Å². The molecule has 1 rings (SSSR count). The van der Waals surface area contributed by atoms with E-state index in [0.29, 0.717) is 0 Å². The van der Waals surface area contributed by atoms with Crippen LogP contribution in [0.15, 0.2) is 42.0 Å². The van der Waals surface area contributed by atoms with E-state index >= 15 is 0 Å². The van der Waals surface area contributed by atoms with E-state index in [2.05, 4.69) is 16.6 Å². The largest absolute Gasteiger partial charge is 0.0946 e. The van der Waals surface area contributed by atoms with Crippen LogP contribution < -0.4 is 0 Å². The summed E-state index contributed by atoms with van der Waals surface area (Å²) in [6.07, 6.45) is 0. The molecular formula is C11H13N3. The molecule has 0 spiro atoms. The van der Waals surface area contributed by atoms with Gasteiger partial charge in [0.1, 0.15) is 0 Å². The average Bonchev–Trinajstić information content (AvgIpc) is 2.18. The number of azide groups is 1. The predicted molar refractivity (Wildman–Crippen MR) is 58.7 cm³/mol. The molecule has 0 saturated heterocycles. The lowest BCUT2D eigenvalue weighted by Gasteiger charge is -2.21. The van der Waals surface area contributed by atoms with Gasteiger partial charge in [-0.1, -0.05) is 55.9 Å².